The Morgan fingerprint density at radius 3 is 2.27 bits per heavy atom. The summed E-state index contributed by atoms with van der Waals surface area (Å²) < 4.78 is 44.9. The van der Waals surface area contributed by atoms with Gasteiger partial charge in [0.2, 0.25) is 5.91 Å². The number of benzene rings is 3. The van der Waals surface area contributed by atoms with E-state index in [0.717, 1.165) is 79.7 Å². The van der Waals surface area contributed by atoms with Gasteiger partial charge in [-0.05, 0) is 92.7 Å². The monoisotopic (exact) mass is 742 g/mol. The Morgan fingerprint density at radius 2 is 1.63 bits per heavy atom. The third-order valence-electron chi connectivity index (χ3n) is 10.7. The third-order valence-corrected chi connectivity index (χ3v) is 11.4. The predicted octanol–water partition coefficient (Wildman–Crippen LogP) is 6.95. The van der Waals surface area contributed by atoms with Crippen LogP contribution in [0.25, 0.3) is 22.0 Å². The molecule has 4 saturated heterocycles. The second-order valence-corrected chi connectivity index (χ2v) is 14.9. The number of piperidine rings is 3. The van der Waals surface area contributed by atoms with Crippen molar-refractivity contribution in [2.24, 2.45) is 5.73 Å². The van der Waals surface area contributed by atoms with Crippen molar-refractivity contribution in [2.75, 3.05) is 32.7 Å². The largest absolute Gasteiger partial charge is 0.573 e. The number of carbonyl (C=O) groups excluding carboxylic acids is 1. The van der Waals surface area contributed by atoms with Crippen LogP contribution in [0.5, 0.6) is 5.75 Å². The molecule has 4 N–H and O–H groups in total. The van der Waals surface area contributed by atoms with Gasteiger partial charge in [0.05, 0.1) is 5.54 Å². The molecular formula is C38H43Cl2F3N6O2. The van der Waals surface area contributed by atoms with Crippen LogP contribution in [0.2, 0.25) is 10.0 Å². The maximum absolute atomic E-state index is 12.9. The van der Waals surface area contributed by atoms with Crippen molar-refractivity contribution in [3.63, 3.8) is 0 Å². The lowest BCUT2D eigenvalue weighted by molar-refractivity contribution is -0.274. The summed E-state index contributed by atoms with van der Waals surface area (Å²) in [6, 6.07) is 19.0. The second-order valence-electron chi connectivity index (χ2n) is 14.1. The van der Waals surface area contributed by atoms with Gasteiger partial charge in [-0.1, -0.05) is 47.5 Å². The van der Waals surface area contributed by atoms with Crippen molar-refractivity contribution in [3.05, 3.63) is 88.0 Å². The fourth-order valence-corrected chi connectivity index (χ4v) is 8.45. The standard InChI is InChI=1S/C38H43Cl2F3N6O2/c39-33-3-1-4-34(40)32(33)24-49-22-27-8-9-28(49)21-48(27)20-25-5-12-35-30(19-25)31(26-6-10-29(11-7-26)51-38(41,42)43)23-47(35)18-2-15-46-36(50)37(44)13-16-45-17-14-37/h1,3-7,10-12,19,23,27-28,45H,2,8-9,13-18,20-22,24,44H2,(H,46,50). The molecular weight excluding hydrogens is 700 g/mol. The van der Waals surface area contributed by atoms with Gasteiger partial charge in [0.1, 0.15) is 5.75 Å². The van der Waals surface area contributed by atoms with Crippen molar-refractivity contribution in [3.8, 4) is 16.9 Å². The van der Waals surface area contributed by atoms with Gasteiger partial charge in [-0.2, -0.15) is 0 Å². The van der Waals surface area contributed by atoms with Crippen LogP contribution in [0, 0.1) is 0 Å². The van der Waals surface area contributed by atoms with Crippen LogP contribution >= 0.6 is 23.2 Å². The van der Waals surface area contributed by atoms with Crippen LogP contribution in [0.3, 0.4) is 0 Å². The molecule has 4 aliphatic rings. The lowest BCUT2D eigenvalue weighted by atomic mass is 9.88. The first-order valence-corrected chi connectivity index (χ1v) is 18.4. The Labute approximate surface area is 306 Å². The van der Waals surface area contributed by atoms with E-state index in [2.05, 4.69) is 47.9 Å². The average molecular weight is 744 g/mol. The minimum Gasteiger partial charge on any atom is -0.406 e. The molecule has 4 aliphatic heterocycles. The first-order chi connectivity index (χ1) is 24.5. The number of hydrogen-bond acceptors (Lipinski definition) is 6. The number of halogens is 5. The van der Waals surface area contributed by atoms with Crippen molar-refractivity contribution < 1.29 is 22.7 Å². The number of rotatable bonds is 11. The molecule has 1 amide bonds. The zero-order valence-electron chi connectivity index (χ0n) is 28.3. The summed E-state index contributed by atoms with van der Waals surface area (Å²) in [5.74, 6) is -0.376. The van der Waals surface area contributed by atoms with Crippen LogP contribution in [-0.2, 0) is 24.4 Å². The first kappa shape index (κ1) is 36.1. The molecule has 51 heavy (non-hydrogen) atoms. The number of carbonyl (C=O) groups is 1. The lowest BCUT2D eigenvalue weighted by Crippen LogP contribution is -2.61. The zero-order valence-corrected chi connectivity index (χ0v) is 29.8. The van der Waals surface area contributed by atoms with E-state index in [1.165, 1.54) is 17.7 Å². The quantitative estimate of drug-likeness (QED) is 0.144. The minimum atomic E-state index is -4.76. The molecule has 8 rings (SSSR count). The topological polar surface area (TPSA) is 87.8 Å². The van der Waals surface area contributed by atoms with Crippen LogP contribution < -0.4 is 21.1 Å². The van der Waals surface area contributed by atoms with Gasteiger partial charge in [0.25, 0.3) is 0 Å². The van der Waals surface area contributed by atoms with Gasteiger partial charge in [-0.15, -0.1) is 13.2 Å². The molecule has 1 aromatic heterocycles. The molecule has 8 nitrogen and oxygen atoms in total. The maximum Gasteiger partial charge on any atom is 0.573 e. The fourth-order valence-electron chi connectivity index (χ4n) is 7.93. The predicted molar refractivity (Wildman–Crippen MR) is 195 cm³/mol. The summed E-state index contributed by atoms with van der Waals surface area (Å²) in [7, 11) is 0. The Hall–Kier alpha value is -3.32. The third kappa shape index (κ3) is 8.19. The van der Waals surface area contributed by atoms with Crippen LogP contribution in [0.1, 0.15) is 43.2 Å². The summed E-state index contributed by atoms with van der Waals surface area (Å²) >= 11 is 13.0. The van der Waals surface area contributed by atoms with E-state index in [-0.39, 0.29) is 11.7 Å². The zero-order chi connectivity index (χ0) is 35.8. The molecule has 0 aliphatic carbocycles. The van der Waals surface area contributed by atoms with E-state index in [1.54, 1.807) is 12.1 Å². The number of ether oxygens (including phenoxy) is 1. The van der Waals surface area contributed by atoms with Crippen molar-refractivity contribution >= 4 is 40.0 Å². The molecule has 4 aromatic rings. The number of nitrogens with one attached hydrogen (secondary N) is 2. The number of aryl methyl sites for hydroxylation is 1. The first-order valence-electron chi connectivity index (χ1n) is 17.6. The van der Waals surface area contributed by atoms with Gasteiger partial charge >= 0.3 is 6.36 Å². The molecule has 13 heteroatoms. The molecule has 2 bridgehead atoms. The van der Waals surface area contributed by atoms with Crippen LogP contribution in [0.4, 0.5) is 13.2 Å². The molecule has 272 valence electrons. The molecule has 0 saturated carbocycles. The Kier molecular flexibility index (Phi) is 10.6. The number of nitrogens with two attached hydrogens (primary N) is 1. The number of piperazine rings is 1. The number of aromatic nitrogens is 1. The molecule has 5 heterocycles. The number of nitrogens with zero attached hydrogens (tertiary/aromatic N) is 3. The average Bonchev–Trinajstić information content (AvgIpc) is 3.46. The normalized spacial score (nSPS) is 20.9. The highest BCUT2D eigenvalue weighted by Crippen LogP contribution is 2.37. The Balaban J connectivity index is 1.08. The lowest BCUT2D eigenvalue weighted by Gasteiger charge is -2.51. The highest BCUT2D eigenvalue weighted by atomic mass is 35.5. The van der Waals surface area contributed by atoms with E-state index in [0.29, 0.717) is 54.5 Å². The summed E-state index contributed by atoms with van der Waals surface area (Å²) in [4.78, 5) is 17.9. The molecule has 0 radical (unpaired) electrons. The van der Waals surface area contributed by atoms with Gasteiger partial charge in [-0.3, -0.25) is 14.6 Å². The summed E-state index contributed by atoms with van der Waals surface area (Å²) in [5, 5.41) is 8.70. The molecule has 2 unspecified atom stereocenters. The van der Waals surface area contributed by atoms with Gasteiger partial charge < -0.3 is 25.7 Å². The van der Waals surface area contributed by atoms with E-state index in [9.17, 15) is 18.0 Å². The van der Waals surface area contributed by atoms with E-state index >= 15 is 0 Å². The number of amides is 1. The molecule has 4 fully saturated rings. The summed E-state index contributed by atoms with van der Waals surface area (Å²) in [6.07, 6.45) is 1.46. The van der Waals surface area contributed by atoms with E-state index in [4.69, 9.17) is 28.9 Å². The Morgan fingerprint density at radius 1 is 0.961 bits per heavy atom. The molecule has 3 aromatic carbocycles. The maximum atomic E-state index is 12.9. The van der Waals surface area contributed by atoms with Crippen LogP contribution in [-0.4, -0.2) is 77.0 Å². The highest BCUT2D eigenvalue weighted by molar-refractivity contribution is 6.36. The van der Waals surface area contributed by atoms with E-state index in [1.807, 2.05) is 24.4 Å². The van der Waals surface area contributed by atoms with Crippen molar-refractivity contribution in [2.45, 2.75) is 75.7 Å². The summed E-state index contributed by atoms with van der Waals surface area (Å²) in [6.45, 7) is 6.01. The van der Waals surface area contributed by atoms with Crippen molar-refractivity contribution in [1.29, 1.82) is 0 Å². The minimum absolute atomic E-state index is 0.116. The molecule has 2 atom stereocenters. The van der Waals surface area contributed by atoms with Crippen molar-refractivity contribution in [1.82, 2.24) is 25.0 Å². The number of fused-ring (bicyclic) bond motifs is 4. The SMILES string of the molecule is NC1(C(=O)NCCCn2cc(-c3ccc(OC(F)(F)F)cc3)c3cc(CN4CC5CCC4CN5Cc4c(Cl)cccc4Cl)ccc32)CCNCC1. The van der Waals surface area contributed by atoms with Gasteiger partial charge in [0, 0.05) is 89.6 Å². The second kappa shape index (κ2) is 15.0. The number of hydrogen-bond donors (Lipinski definition) is 3. The van der Waals surface area contributed by atoms with Gasteiger partial charge in [-0.25, -0.2) is 0 Å². The van der Waals surface area contributed by atoms with Crippen LogP contribution in [0.15, 0.2) is 66.9 Å². The molecule has 0 spiro atoms. The van der Waals surface area contributed by atoms with Gasteiger partial charge in [0.15, 0.2) is 0 Å². The Bertz CT molecular complexity index is 1840. The highest BCUT2D eigenvalue weighted by Gasteiger charge is 2.39. The fraction of sp³-hybridized carbons (Fsp3) is 0.447. The smallest absolute Gasteiger partial charge is 0.406 e. The number of alkyl halides is 3. The summed E-state index contributed by atoms with van der Waals surface area (Å²) in [5.41, 5.74) is 10.4. The van der Waals surface area contributed by atoms with E-state index < -0.39 is 11.9 Å².